The number of alkyl halides is 2. The molecule has 32 heavy (non-hydrogen) atoms. The maximum Gasteiger partial charge on any atom is 0.433 e. The van der Waals surface area contributed by atoms with Crippen LogP contribution >= 0.6 is 0 Å². The second-order valence-electron chi connectivity index (χ2n) is 8.33. The topological polar surface area (TPSA) is 52.7 Å². The molecule has 0 unspecified atom stereocenters. The van der Waals surface area contributed by atoms with Crippen molar-refractivity contribution in [3.8, 4) is 0 Å². The van der Waals surface area contributed by atoms with Crippen LogP contribution in [0.5, 0.6) is 0 Å². The molecule has 1 fully saturated rings. The van der Waals surface area contributed by atoms with Crippen LogP contribution in [0.15, 0.2) is 48.7 Å². The SMILES string of the molecule is CN(C)c1ccc(C(=O)[N+](=S)C2CCC(Nc3cccc4nc(C(F)F)cn34)CC2)cc1. The molecule has 0 spiro atoms. The van der Waals surface area contributed by atoms with Gasteiger partial charge in [-0.2, -0.15) is 0 Å². The molecule has 4 rings (SSSR count). The number of fused-ring (bicyclic) bond motifs is 1. The first-order chi connectivity index (χ1) is 15.3. The zero-order valence-electron chi connectivity index (χ0n) is 18.0. The zero-order chi connectivity index (χ0) is 22.8. The molecular formula is C23H26F2N5OS+. The molecule has 168 valence electrons. The van der Waals surface area contributed by atoms with Gasteiger partial charge in [-0.15, -0.1) is 0 Å². The molecule has 0 saturated heterocycles. The van der Waals surface area contributed by atoms with Crippen LogP contribution in [0.1, 0.15) is 48.2 Å². The molecular weight excluding hydrogens is 432 g/mol. The minimum Gasteiger partial charge on any atom is -0.378 e. The summed E-state index contributed by atoms with van der Waals surface area (Å²) < 4.78 is 29.1. The van der Waals surface area contributed by atoms with Crippen molar-refractivity contribution in [1.29, 1.82) is 0 Å². The predicted molar refractivity (Wildman–Crippen MR) is 123 cm³/mol. The Morgan fingerprint density at radius 1 is 1.16 bits per heavy atom. The summed E-state index contributed by atoms with van der Waals surface area (Å²) in [5.74, 6) is 0.585. The van der Waals surface area contributed by atoms with Crippen molar-refractivity contribution in [2.24, 2.45) is 0 Å². The fourth-order valence-electron chi connectivity index (χ4n) is 4.11. The van der Waals surface area contributed by atoms with E-state index in [-0.39, 0.29) is 23.7 Å². The largest absolute Gasteiger partial charge is 0.433 e. The highest BCUT2D eigenvalue weighted by Crippen LogP contribution is 2.27. The standard InChI is InChI=1S/C23H26F2N5OS/c1-28(2)17-10-6-15(7-11-17)23(31)30(32)18-12-8-16(9-13-18)26-20-4-3-5-21-27-19(22(24)25)14-29(20)21/h3-7,10-11,14,16,18,22,26H,8-9,12-13H2,1-2H3/q+1. The summed E-state index contributed by atoms with van der Waals surface area (Å²) in [4.78, 5) is 18.8. The summed E-state index contributed by atoms with van der Waals surface area (Å²) in [6.45, 7) is 0. The normalized spacial score (nSPS) is 18.7. The molecule has 3 aromatic rings. The van der Waals surface area contributed by atoms with E-state index < -0.39 is 6.43 Å². The van der Waals surface area contributed by atoms with Gasteiger partial charge in [0, 0.05) is 44.9 Å². The second kappa shape index (κ2) is 9.28. The van der Waals surface area contributed by atoms with Gasteiger partial charge in [-0.25, -0.2) is 18.6 Å². The van der Waals surface area contributed by atoms with Crippen LogP contribution in [-0.4, -0.2) is 45.4 Å². The number of nitrogens with zero attached hydrogens (tertiary/aromatic N) is 4. The fourth-order valence-corrected chi connectivity index (χ4v) is 4.43. The number of carbonyl (C=O) groups excluding carboxylic acids is 1. The molecule has 2 aromatic heterocycles. The fraction of sp³-hybridized carbons (Fsp3) is 0.391. The average Bonchev–Trinajstić information content (AvgIpc) is 3.25. The molecule has 1 aliphatic rings. The summed E-state index contributed by atoms with van der Waals surface area (Å²) in [5, 5.41) is 3.45. The third-order valence-electron chi connectivity index (χ3n) is 5.95. The van der Waals surface area contributed by atoms with Crippen molar-refractivity contribution in [3.05, 3.63) is 59.9 Å². The van der Waals surface area contributed by atoms with Crippen LogP contribution < -0.4 is 10.2 Å². The number of hydrogen-bond acceptors (Lipinski definition) is 5. The van der Waals surface area contributed by atoms with E-state index in [2.05, 4.69) is 10.3 Å². The van der Waals surface area contributed by atoms with Gasteiger partial charge in [-0.05, 0) is 49.2 Å². The Bertz CT molecular complexity index is 1120. The molecule has 0 bridgehead atoms. The lowest BCUT2D eigenvalue weighted by molar-refractivity contribution is -0.448. The van der Waals surface area contributed by atoms with Gasteiger partial charge in [-0.1, -0.05) is 10.0 Å². The smallest absolute Gasteiger partial charge is 0.378 e. The molecule has 9 heteroatoms. The lowest BCUT2D eigenvalue weighted by Gasteiger charge is -2.26. The number of nitrogens with one attached hydrogen (secondary N) is 1. The Morgan fingerprint density at radius 3 is 2.47 bits per heavy atom. The van der Waals surface area contributed by atoms with Gasteiger partial charge < -0.3 is 10.2 Å². The third-order valence-corrected chi connectivity index (χ3v) is 6.41. The van der Waals surface area contributed by atoms with Crippen LogP contribution in [0.3, 0.4) is 0 Å². The van der Waals surface area contributed by atoms with Crippen LogP contribution in [-0.2, 0) is 12.4 Å². The molecule has 1 N–H and O–H groups in total. The molecule has 1 saturated carbocycles. The van der Waals surface area contributed by atoms with Gasteiger partial charge >= 0.3 is 5.91 Å². The van der Waals surface area contributed by atoms with E-state index in [0.717, 1.165) is 37.2 Å². The van der Waals surface area contributed by atoms with E-state index >= 15 is 0 Å². The number of halogens is 2. The summed E-state index contributed by atoms with van der Waals surface area (Å²) in [5.41, 5.74) is 1.87. The van der Waals surface area contributed by atoms with E-state index in [0.29, 0.717) is 11.2 Å². The van der Waals surface area contributed by atoms with Gasteiger partial charge in [0.1, 0.15) is 17.2 Å². The molecule has 1 aromatic carbocycles. The first-order valence-electron chi connectivity index (χ1n) is 10.6. The van der Waals surface area contributed by atoms with Crippen LogP contribution in [0.25, 0.3) is 5.65 Å². The molecule has 1 amide bonds. The molecule has 0 aliphatic heterocycles. The molecule has 1 aliphatic carbocycles. The Morgan fingerprint density at radius 2 is 1.84 bits per heavy atom. The third kappa shape index (κ3) is 4.62. The maximum atomic E-state index is 13.0. The molecule has 0 atom stereocenters. The quantitative estimate of drug-likeness (QED) is 0.545. The Balaban J connectivity index is 1.37. The minimum absolute atomic E-state index is 0.00134. The van der Waals surface area contributed by atoms with Crippen LogP contribution in [0.2, 0.25) is 0 Å². The lowest BCUT2D eigenvalue weighted by Crippen LogP contribution is -2.37. The summed E-state index contributed by atoms with van der Waals surface area (Å²) >= 11 is 5.47. The Kier molecular flexibility index (Phi) is 6.45. The van der Waals surface area contributed by atoms with Crippen molar-refractivity contribution in [2.45, 2.75) is 44.2 Å². The van der Waals surface area contributed by atoms with E-state index in [1.165, 1.54) is 10.1 Å². The van der Waals surface area contributed by atoms with Gasteiger partial charge in [0.25, 0.3) is 18.9 Å². The number of hydrogen-bond donors (Lipinski definition) is 1. The maximum absolute atomic E-state index is 13.0. The van der Waals surface area contributed by atoms with Gasteiger partial charge in [0.05, 0.1) is 5.56 Å². The van der Waals surface area contributed by atoms with Crippen LogP contribution in [0, 0.1) is 0 Å². The molecule has 0 radical (unpaired) electrons. The van der Waals surface area contributed by atoms with Crippen molar-refractivity contribution < 1.29 is 17.5 Å². The lowest BCUT2D eigenvalue weighted by atomic mass is 9.91. The highest BCUT2D eigenvalue weighted by molar-refractivity contribution is 7.44. The number of aromatic nitrogens is 2. The summed E-state index contributed by atoms with van der Waals surface area (Å²) in [7, 11) is 3.90. The highest BCUT2D eigenvalue weighted by Gasteiger charge is 2.34. The van der Waals surface area contributed by atoms with E-state index in [4.69, 9.17) is 12.4 Å². The first kappa shape index (κ1) is 22.3. The Hall–Kier alpha value is -2.94. The van der Waals surface area contributed by atoms with Crippen LogP contribution in [0.4, 0.5) is 20.3 Å². The Labute approximate surface area is 191 Å². The van der Waals surface area contributed by atoms with Crippen molar-refractivity contribution in [3.63, 3.8) is 0 Å². The predicted octanol–water partition coefficient (Wildman–Crippen LogP) is 4.64. The first-order valence-corrected chi connectivity index (χ1v) is 11.0. The summed E-state index contributed by atoms with van der Waals surface area (Å²) in [6.07, 6.45) is 2.00. The second-order valence-corrected chi connectivity index (χ2v) is 8.72. The average molecular weight is 459 g/mol. The highest BCUT2D eigenvalue weighted by atomic mass is 32.1. The number of imidazole rings is 1. The van der Waals surface area contributed by atoms with E-state index in [9.17, 15) is 13.6 Å². The number of benzene rings is 1. The number of carbonyl (C=O) groups is 1. The van der Waals surface area contributed by atoms with E-state index in [1.807, 2.05) is 49.3 Å². The number of amides is 1. The molecule has 2 heterocycles. The zero-order valence-corrected chi connectivity index (χ0v) is 18.9. The van der Waals surface area contributed by atoms with Crippen molar-refractivity contribution >= 4 is 35.5 Å². The van der Waals surface area contributed by atoms with Gasteiger partial charge in [0.2, 0.25) is 0 Å². The van der Waals surface area contributed by atoms with Crippen molar-refractivity contribution in [2.75, 3.05) is 24.3 Å². The van der Waals surface area contributed by atoms with Crippen molar-refractivity contribution in [1.82, 2.24) is 9.38 Å². The van der Waals surface area contributed by atoms with Gasteiger partial charge in [-0.3, -0.25) is 4.40 Å². The number of anilines is 2. The monoisotopic (exact) mass is 458 g/mol. The van der Waals surface area contributed by atoms with E-state index in [1.54, 1.807) is 16.5 Å². The van der Waals surface area contributed by atoms with Gasteiger partial charge in [0.15, 0.2) is 6.04 Å². The molecule has 6 nitrogen and oxygen atoms in total. The number of pyridine rings is 1. The number of rotatable bonds is 6. The minimum atomic E-state index is -2.60. The summed E-state index contributed by atoms with van der Waals surface area (Å²) in [6, 6.07) is 13.0.